The molecule has 0 aliphatic heterocycles. The number of rotatable bonds is 6. The molecule has 1 unspecified atom stereocenters. The molecule has 1 N–H and O–H groups in total. The van der Waals surface area contributed by atoms with E-state index in [2.05, 4.69) is 4.72 Å². The number of benzene rings is 1. The van der Waals surface area contributed by atoms with E-state index in [1.165, 1.54) is 6.07 Å². The summed E-state index contributed by atoms with van der Waals surface area (Å²) in [5, 5.41) is 0. The minimum absolute atomic E-state index is 0.0749. The van der Waals surface area contributed by atoms with E-state index in [1.807, 2.05) is 0 Å². The van der Waals surface area contributed by atoms with E-state index >= 15 is 0 Å². The molecule has 1 rings (SSSR count). The fraction of sp³-hybridized carbons (Fsp3) is 0.455. The van der Waals surface area contributed by atoms with Crippen LogP contribution in [0.15, 0.2) is 18.2 Å². The monoisotopic (exact) mass is 297 g/mol. The lowest BCUT2D eigenvalue weighted by molar-refractivity contribution is 0.506. The Morgan fingerprint density at radius 3 is 2.56 bits per heavy atom. The third-order valence-electron chi connectivity index (χ3n) is 2.25. The molecule has 7 heteroatoms. The topological polar surface area (TPSA) is 46.2 Å². The van der Waals surface area contributed by atoms with Crippen molar-refractivity contribution in [1.82, 2.24) is 4.72 Å². The Hall–Kier alpha value is -0.720. The quantitative estimate of drug-likeness (QED) is 0.819. The number of halogens is 3. The summed E-state index contributed by atoms with van der Waals surface area (Å²) in [5.41, 5.74) is 0.357. The summed E-state index contributed by atoms with van der Waals surface area (Å²) in [6.07, 6.45) is 0. The van der Waals surface area contributed by atoms with Crippen LogP contribution in [-0.2, 0) is 16.6 Å². The first-order valence-corrected chi connectivity index (χ1v) is 7.50. The first-order valence-electron chi connectivity index (χ1n) is 5.31. The maximum absolute atomic E-state index is 12.9. The van der Waals surface area contributed by atoms with Crippen LogP contribution in [-0.4, -0.2) is 20.1 Å². The van der Waals surface area contributed by atoms with Crippen molar-refractivity contribution in [3.63, 3.8) is 0 Å². The van der Waals surface area contributed by atoms with Gasteiger partial charge in [0.25, 0.3) is 0 Å². The Kier molecular flexibility index (Phi) is 5.49. The van der Waals surface area contributed by atoms with Crippen LogP contribution in [0, 0.1) is 17.6 Å². The van der Waals surface area contributed by atoms with Crippen molar-refractivity contribution in [1.29, 1.82) is 0 Å². The average molecular weight is 298 g/mol. The van der Waals surface area contributed by atoms with Crippen molar-refractivity contribution in [2.75, 3.05) is 11.6 Å². The molecule has 0 aliphatic carbocycles. The number of hydrogen-bond acceptors (Lipinski definition) is 2. The Bertz CT molecular complexity index is 508. The minimum atomic E-state index is -3.46. The van der Waals surface area contributed by atoms with Gasteiger partial charge in [0, 0.05) is 12.4 Å². The zero-order chi connectivity index (χ0) is 13.8. The van der Waals surface area contributed by atoms with Gasteiger partial charge in [-0.3, -0.25) is 0 Å². The van der Waals surface area contributed by atoms with Gasteiger partial charge in [0.15, 0.2) is 11.6 Å². The zero-order valence-corrected chi connectivity index (χ0v) is 11.4. The van der Waals surface area contributed by atoms with Gasteiger partial charge in [-0.1, -0.05) is 13.0 Å². The second kappa shape index (κ2) is 6.45. The van der Waals surface area contributed by atoms with Crippen molar-refractivity contribution in [3.8, 4) is 0 Å². The highest BCUT2D eigenvalue weighted by atomic mass is 35.5. The largest absolute Gasteiger partial charge is 0.212 e. The molecule has 0 aromatic heterocycles. The summed E-state index contributed by atoms with van der Waals surface area (Å²) in [6.45, 7) is 1.64. The molecule has 1 aromatic rings. The van der Waals surface area contributed by atoms with Crippen LogP contribution in [0.3, 0.4) is 0 Å². The molecule has 0 bridgehead atoms. The molecule has 3 nitrogen and oxygen atoms in total. The van der Waals surface area contributed by atoms with E-state index in [1.54, 1.807) is 6.92 Å². The van der Waals surface area contributed by atoms with Gasteiger partial charge in [0.05, 0.1) is 5.75 Å². The van der Waals surface area contributed by atoms with Gasteiger partial charge in [0.1, 0.15) is 0 Å². The minimum Gasteiger partial charge on any atom is -0.212 e. The molecule has 0 saturated carbocycles. The Morgan fingerprint density at radius 2 is 2.00 bits per heavy atom. The number of alkyl halides is 1. The van der Waals surface area contributed by atoms with Crippen molar-refractivity contribution in [3.05, 3.63) is 35.4 Å². The highest BCUT2D eigenvalue weighted by Gasteiger charge is 2.15. The summed E-state index contributed by atoms with van der Waals surface area (Å²) < 4.78 is 51.0. The first-order chi connectivity index (χ1) is 8.34. The van der Waals surface area contributed by atoms with Gasteiger partial charge in [-0.2, -0.15) is 0 Å². The lowest BCUT2D eigenvalue weighted by Gasteiger charge is -2.10. The van der Waals surface area contributed by atoms with Gasteiger partial charge >= 0.3 is 0 Å². The van der Waals surface area contributed by atoms with E-state index in [4.69, 9.17) is 11.6 Å². The predicted molar refractivity (Wildman–Crippen MR) is 66.9 cm³/mol. The molecule has 1 atom stereocenters. The second-order valence-electron chi connectivity index (χ2n) is 4.11. The molecule has 102 valence electrons. The molecule has 0 amide bonds. The van der Waals surface area contributed by atoms with Crippen LogP contribution >= 0.6 is 11.6 Å². The third kappa shape index (κ3) is 4.88. The standard InChI is InChI=1S/C11H14ClF2NO2S/c1-8(5-12)7-18(16,17)15-6-9-2-3-10(13)11(14)4-9/h2-4,8,15H,5-7H2,1H3. The Morgan fingerprint density at radius 1 is 1.33 bits per heavy atom. The van der Waals surface area contributed by atoms with E-state index in [0.717, 1.165) is 12.1 Å². The molecular formula is C11H14ClF2NO2S. The van der Waals surface area contributed by atoms with Crippen LogP contribution in [0.2, 0.25) is 0 Å². The SMILES string of the molecule is CC(CCl)CS(=O)(=O)NCc1ccc(F)c(F)c1. The molecule has 0 saturated heterocycles. The maximum Gasteiger partial charge on any atom is 0.212 e. The summed E-state index contributed by atoms with van der Waals surface area (Å²) in [5.74, 6) is -1.99. The number of nitrogens with one attached hydrogen (secondary N) is 1. The third-order valence-corrected chi connectivity index (χ3v) is 4.37. The van der Waals surface area contributed by atoms with E-state index in [9.17, 15) is 17.2 Å². The van der Waals surface area contributed by atoms with Gasteiger partial charge in [0.2, 0.25) is 10.0 Å². The van der Waals surface area contributed by atoms with Crippen LogP contribution in [0.4, 0.5) is 8.78 Å². The van der Waals surface area contributed by atoms with Crippen LogP contribution in [0.1, 0.15) is 12.5 Å². The molecule has 0 fully saturated rings. The smallest absolute Gasteiger partial charge is 0.212 e. The van der Waals surface area contributed by atoms with Crippen LogP contribution in [0.25, 0.3) is 0 Å². The second-order valence-corrected chi connectivity index (χ2v) is 6.27. The van der Waals surface area contributed by atoms with Crippen molar-refractivity contribution >= 4 is 21.6 Å². The molecule has 18 heavy (non-hydrogen) atoms. The van der Waals surface area contributed by atoms with Crippen molar-refractivity contribution in [2.45, 2.75) is 13.5 Å². The van der Waals surface area contributed by atoms with E-state index in [-0.39, 0.29) is 24.1 Å². The summed E-state index contributed by atoms with van der Waals surface area (Å²) in [7, 11) is -3.46. The Balaban J connectivity index is 2.61. The van der Waals surface area contributed by atoms with Crippen molar-refractivity contribution < 1.29 is 17.2 Å². The average Bonchev–Trinajstić information content (AvgIpc) is 2.30. The van der Waals surface area contributed by atoms with Gasteiger partial charge in [-0.05, 0) is 23.6 Å². The van der Waals surface area contributed by atoms with Gasteiger partial charge < -0.3 is 0 Å². The van der Waals surface area contributed by atoms with Gasteiger partial charge in [-0.15, -0.1) is 11.6 Å². The lowest BCUT2D eigenvalue weighted by Crippen LogP contribution is -2.29. The normalized spacial score (nSPS) is 13.6. The molecule has 0 aliphatic rings. The Labute approximate surface area is 110 Å². The lowest BCUT2D eigenvalue weighted by atomic mass is 10.2. The summed E-state index contributed by atoms with van der Waals surface area (Å²) in [4.78, 5) is 0. The first kappa shape index (κ1) is 15.3. The fourth-order valence-electron chi connectivity index (χ4n) is 1.32. The highest BCUT2D eigenvalue weighted by Crippen LogP contribution is 2.09. The van der Waals surface area contributed by atoms with Gasteiger partial charge in [-0.25, -0.2) is 21.9 Å². The molecule has 1 aromatic carbocycles. The summed E-state index contributed by atoms with van der Waals surface area (Å²) in [6, 6.07) is 3.25. The fourth-order valence-corrected chi connectivity index (χ4v) is 2.93. The molecule has 0 heterocycles. The maximum atomic E-state index is 12.9. The van der Waals surface area contributed by atoms with Crippen molar-refractivity contribution in [2.24, 2.45) is 5.92 Å². The predicted octanol–water partition coefficient (Wildman–Crippen LogP) is 2.26. The number of sulfonamides is 1. The molecule has 0 spiro atoms. The molecular weight excluding hydrogens is 284 g/mol. The number of hydrogen-bond donors (Lipinski definition) is 1. The molecule has 0 radical (unpaired) electrons. The summed E-state index contributed by atoms with van der Waals surface area (Å²) >= 11 is 5.53. The van der Waals surface area contributed by atoms with Crippen LogP contribution in [0.5, 0.6) is 0 Å². The van der Waals surface area contributed by atoms with E-state index < -0.39 is 21.7 Å². The van der Waals surface area contributed by atoms with E-state index in [0.29, 0.717) is 5.56 Å². The zero-order valence-electron chi connectivity index (χ0n) is 9.79. The van der Waals surface area contributed by atoms with Crippen LogP contribution < -0.4 is 4.72 Å². The highest BCUT2D eigenvalue weighted by molar-refractivity contribution is 7.89.